The Balaban J connectivity index is 2.40. The van der Waals surface area contributed by atoms with Crippen LogP contribution in [0, 0.1) is 0 Å². The van der Waals surface area contributed by atoms with Gasteiger partial charge in [-0.25, -0.2) is 4.98 Å². The highest BCUT2D eigenvalue weighted by molar-refractivity contribution is 6.32. The maximum absolute atomic E-state index is 5.92. The van der Waals surface area contributed by atoms with Gasteiger partial charge in [-0.1, -0.05) is 11.6 Å². The van der Waals surface area contributed by atoms with E-state index in [1.54, 1.807) is 0 Å². The third kappa shape index (κ3) is 4.20. The molecule has 90 valence electrons. The van der Waals surface area contributed by atoms with Gasteiger partial charge in [0.2, 0.25) is 0 Å². The summed E-state index contributed by atoms with van der Waals surface area (Å²) in [5.41, 5.74) is 0. The average molecular weight is 246 g/mol. The molecular weight excluding hydrogens is 230 g/mol. The summed E-state index contributed by atoms with van der Waals surface area (Å²) in [4.78, 5) is 7.98. The zero-order valence-electron chi connectivity index (χ0n) is 9.49. The number of hydrogen-bond acceptors (Lipinski definition) is 5. The monoisotopic (exact) mass is 245 g/mol. The van der Waals surface area contributed by atoms with E-state index in [9.17, 15) is 0 Å². The second-order valence-corrected chi connectivity index (χ2v) is 3.44. The molecule has 6 heteroatoms. The van der Waals surface area contributed by atoms with Crippen LogP contribution in [0.3, 0.4) is 0 Å². The van der Waals surface area contributed by atoms with Crippen LogP contribution < -0.4 is 10.1 Å². The number of nitrogens with zero attached hydrogens (tertiary/aromatic N) is 2. The van der Waals surface area contributed by atoms with E-state index in [-0.39, 0.29) is 0 Å². The molecule has 1 aromatic heterocycles. The lowest BCUT2D eigenvalue weighted by Gasteiger charge is -2.07. The lowest BCUT2D eigenvalue weighted by Crippen LogP contribution is -2.08. The van der Waals surface area contributed by atoms with Crippen LogP contribution in [0.25, 0.3) is 0 Å². The lowest BCUT2D eigenvalue weighted by atomic mass is 10.4. The van der Waals surface area contributed by atoms with Crippen molar-refractivity contribution in [2.24, 2.45) is 0 Å². The molecule has 1 aromatic rings. The standard InChI is InChI=1S/C10H16ClN3O2/c1-3-16-6-4-5-12-9-8(11)7-13-10(14-9)15-2/h7H,3-6H2,1-2H3,(H,12,13,14). The fourth-order valence-electron chi connectivity index (χ4n) is 1.10. The summed E-state index contributed by atoms with van der Waals surface area (Å²) in [7, 11) is 1.52. The van der Waals surface area contributed by atoms with E-state index in [1.165, 1.54) is 13.3 Å². The number of aromatic nitrogens is 2. The summed E-state index contributed by atoms with van der Waals surface area (Å²) in [6.07, 6.45) is 2.41. The predicted molar refractivity (Wildman–Crippen MR) is 63.2 cm³/mol. The van der Waals surface area contributed by atoms with E-state index < -0.39 is 0 Å². The van der Waals surface area contributed by atoms with E-state index in [0.717, 1.165) is 26.2 Å². The van der Waals surface area contributed by atoms with E-state index in [4.69, 9.17) is 21.1 Å². The molecule has 0 bridgehead atoms. The van der Waals surface area contributed by atoms with E-state index >= 15 is 0 Å². The average Bonchev–Trinajstić information content (AvgIpc) is 2.31. The van der Waals surface area contributed by atoms with Gasteiger partial charge in [-0.3, -0.25) is 0 Å². The number of ether oxygens (including phenoxy) is 2. The van der Waals surface area contributed by atoms with Crippen molar-refractivity contribution in [3.8, 4) is 6.01 Å². The summed E-state index contributed by atoms with van der Waals surface area (Å²) in [6.45, 7) is 4.19. The fraction of sp³-hybridized carbons (Fsp3) is 0.600. The summed E-state index contributed by atoms with van der Waals surface area (Å²) >= 11 is 5.92. The first kappa shape index (κ1) is 13.0. The third-order valence-corrected chi connectivity index (χ3v) is 2.14. The van der Waals surface area contributed by atoms with Crippen molar-refractivity contribution in [1.82, 2.24) is 9.97 Å². The van der Waals surface area contributed by atoms with Crippen LogP contribution in [-0.4, -0.2) is 36.8 Å². The van der Waals surface area contributed by atoms with Gasteiger partial charge in [-0.05, 0) is 13.3 Å². The largest absolute Gasteiger partial charge is 0.467 e. The molecule has 0 spiro atoms. The SMILES string of the molecule is CCOCCCNc1nc(OC)ncc1Cl. The minimum atomic E-state index is 0.303. The highest BCUT2D eigenvalue weighted by atomic mass is 35.5. The maximum Gasteiger partial charge on any atom is 0.318 e. The Hall–Kier alpha value is -1.07. The molecule has 0 atom stereocenters. The smallest absolute Gasteiger partial charge is 0.318 e. The molecule has 0 radical (unpaired) electrons. The Kier molecular flexibility index (Phi) is 5.88. The molecule has 1 N–H and O–H groups in total. The highest BCUT2D eigenvalue weighted by Gasteiger charge is 2.04. The van der Waals surface area contributed by atoms with E-state index in [2.05, 4.69) is 15.3 Å². The van der Waals surface area contributed by atoms with Gasteiger partial charge >= 0.3 is 6.01 Å². The summed E-state index contributed by atoms with van der Waals surface area (Å²) in [5, 5.41) is 3.59. The quantitative estimate of drug-likeness (QED) is 0.745. The van der Waals surface area contributed by atoms with Crippen LogP contribution in [0.1, 0.15) is 13.3 Å². The zero-order valence-corrected chi connectivity index (χ0v) is 10.3. The molecular formula is C10H16ClN3O2. The Bertz CT molecular complexity index is 323. The first-order valence-corrected chi connectivity index (χ1v) is 5.54. The van der Waals surface area contributed by atoms with Gasteiger partial charge in [0.25, 0.3) is 0 Å². The van der Waals surface area contributed by atoms with Gasteiger partial charge in [0, 0.05) is 19.8 Å². The Morgan fingerprint density at radius 2 is 2.31 bits per heavy atom. The van der Waals surface area contributed by atoms with Crippen molar-refractivity contribution in [3.63, 3.8) is 0 Å². The normalized spacial score (nSPS) is 10.2. The third-order valence-electron chi connectivity index (χ3n) is 1.87. The number of anilines is 1. The molecule has 0 unspecified atom stereocenters. The zero-order chi connectivity index (χ0) is 11.8. The first-order chi connectivity index (χ1) is 7.77. The van der Waals surface area contributed by atoms with E-state index in [1.807, 2.05) is 6.92 Å². The highest BCUT2D eigenvalue weighted by Crippen LogP contribution is 2.19. The lowest BCUT2D eigenvalue weighted by molar-refractivity contribution is 0.147. The van der Waals surface area contributed by atoms with Crippen LogP contribution in [0.2, 0.25) is 5.02 Å². The number of rotatable bonds is 7. The van der Waals surface area contributed by atoms with Crippen LogP contribution in [0.4, 0.5) is 5.82 Å². The van der Waals surface area contributed by atoms with Crippen molar-refractivity contribution in [3.05, 3.63) is 11.2 Å². The molecule has 0 aromatic carbocycles. The topological polar surface area (TPSA) is 56.3 Å². The molecule has 0 fully saturated rings. The molecule has 0 saturated heterocycles. The van der Waals surface area contributed by atoms with Crippen LogP contribution in [0.5, 0.6) is 6.01 Å². The number of halogens is 1. The predicted octanol–water partition coefficient (Wildman–Crippen LogP) is 1.98. The minimum absolute atomic E-state index is 0.303. The van der Waals surface area contributed by atoms with E-state index in [0.29, 0.717) is 16.9 Å². The van der Waals surface area contributed by atoms with Crippen molar-refractivity contribution < 1.29 is 9.47 Å². The van der Waals surface area contributed by atoms with Gasteiger partial charge in [0.05, 0.1) is 13.3 Å². The summed E-state index contributed by atoms with van der Waals surface area (Å²) in [6, 6.07) is 0.303. The number of nitrogens with one attached hydrogen (secondary N) is 1. The fourth-order valence-corrected chi connectivity index (χ4v) is 1.26. The Labute approximate surface area is 100 Å². The van der Waals surface area contributed by atoms with Gasteiger partial charge in [-0.15, -0.1) is 0 Å². The Morgan fingerprint density at radius 1 is 1.50 bits per heavy atom. The van der Waals surface area contributed by atoms with Crippen molar-refractivity contribution >= 4 is 17.4 Å². The molecule has 1 rings (SSSR count). The van der Waals surface area contributed by atoms with Crippen LogP contribution >= 0.6 is 11.6 Å². The second-order valence-electron chi connectivity index (χ2n) is 3.03. The molecule has 16 heavy (non-hydrogen) atoms. The second kappa shape index (κ2) is 7.24. The van der Waals surface area contributed by atoms with Crippen molar-refractivity contribution in [1.29, 1.82) is 0 Å². The minimum Gasteiger partial charge on any atom is -0.467 e. The Morgan fingerprint density at radius 3 is 3.00 bits per heavy atom. The molecule has 5 nitrogen and oxygen atoms in total. The first-order valence-electron chi connectivity index (χ1n) is 5.16. The summed E-state index contributed by atoms with van der Waals surface area (Å²) < 4.78 is 10.1. The van der Waals surface area contributed by atoms with Gasteiger partial charge < -0.3 is 14.8 Å². The molecule has 0 aliphatic rings. The molecule has 0 aliphatic carbocycles. The molecule has 0 amide bonds. The summed E-state index contributed by atoms with van der Waals surface area (Å²) in [5.74, 6) is 0.588. The van der Waals surface area contributed by atoms with Gasteiger partial charge in [-0.2, -0.15) is 4.98 Å². The molecule has 0 aliphatic heterocycles. The molecule has 0 saturated carbocycles. The number of methoxy groups -OCH3 is 1. The molecule has 1 heterocycles. The number of hydrogen-bond donors (Lipinski definition) is 1. The van der Waals surface area contributed by atoms with Crippen LogP contribution in [0.15, 0.2) is 6.20 Å². The van der Waals surface area contributed by atoms with Crippen molar-refractivity contribution in [2.45, 2.75) is 13.3 Å². The van der Waals surface area contributed by atoms with Crippen molar-refractivity contribution in [2.75, 3.05) is 32.2 Å². The maximum atomic E-state index is 5.92. The van der Waals surface area contributed by atoms with Gasteiger partial charge in [0.15, 0.2) is 5.82 Å². The van der Waals surface area contributed by atoms with Gasteiger partial charge in [0.1, 0.15) is 5.02 Å². The van der Waals surface area contributed by atoms with Crippen LogP contribution in [-0.2, 0) is 4.74 Å².